The highest BCUT2D eigenvalue weighted by Crippen LogP contribution is 2.64. The summed E-state index contributed by atoms with van der Waals surface area (Å²) in [7, 11) is 0. The van der Waals surface area contributed by atoms with Crippen LogP contribution < -0.4 is 16.0 Å². The lowest BCUT2D eigenvalue weighted by Crippen LogP contribution is -2.82. The van der Waals surface area contributed by atoms with E-state index in [0.717, 1.165) is 13.8 Å². The Balaban J connectivity index is 1.36. The summed E-state index contributed by atoms with van der Waals surface area (Å²) in [6.07, 6.45) is -12.2. The monoisotopic (exact) mass is 1070 g/mol. The summed E-state index contributed by atoms with van der Waals surface area (Å²) in [5.74, 6) is -9.49. The van der Waals surface area contributed by atoms with Gasteiger partial charge in [0.05, 0.1) is 29.6 Å². The molecule has 1 saturated heterocycles. The summed E-state index contributed by atoms with van der Waals surface area (Å²) in [4.78, 5) is 125. The molecule has 2 bridgehead atoms. The topological polar surface area (TPSA) is 295 Å². The van der Waals surface area contributed by atoms with E-state index in [9.17, 15) is 43.8 Å². The van der Waals surface area contributed by atoms with Gasteiger partial charge in [0.15, 0.2) is 17.5 Å². The van der Waals surface area contributed by atoms with E-state index < -0.39 is 149 Å². The van der Waals surface area contributed by atoms with E-state index in [2.05, 4.69) is 16.0 Å². The SMILES string of the molecule is CC(=O)O[C@H]1C(=O)[C@@]2(C)[C@H]([C@H](OC(=O)c3ccccc3)[C@]3(O)C[C@H](OC(=O)[C@H](OC(=O)CNC(=O)CNC(=O)OC(C)(C)C)[C@@H](NC(=O)c4ccccc4)c4ccccc4)C(C)=C1C3(C)C)[C@]1(OC(C)=O)CO[C@@H]1C[C@@H]2O. The Morgan fingerprint density at radius 2 is 1.39 bits per heavy atom. The van der Waals surface area contributed by atoms with E-state index in [1.165, 1.54) is 64.1 Å². The zero-order chi connectivity index (χ0) is 56.4. The Kier molecular flexibility index (Phi) is 16.5. The van der Waals surface area contributed by atoms with Gasteiger partial charge < -0.3 is 59.3 Å². The number of ether oxygens (including phenoxy) is 7. The average Bonchev–Trinajstić information content (AvgIpc) is 3.57. The number of carbonyl (C=O) groups excluding carboxylic acids is 9. The Hall–Kier alpha value is -7.49. The minimum atomic E-state index is -2.53. The van der Waals surface area contributed by atoms with Crippen LogP contribution in [0.25, 0.3) is 0 Å². The average molecular weight is 1070 g/mol. The van der Waals surface area contributed by atoms with E-state index in [0.29, 0.717) is 0 Å². The van der Waals surface area contributed by atoms with Crippen molar-refractivity contribution >= 4 is 53.5 Å². The first-order valence-electron chi connectivity index (χ1n) is 25.1. The number of esters is 5. The fourth-order valence-electron chi connectivity index (χ4n) is 11.2. The van der Waals surface area contributed by atoms with Crippen molar-refractivity contribution in [2.24, 2.45) is 16.7 Å². The van der Waals surface area contributed by atoms with Crippen LogP contribution in [0.5, 0.6) is 0 Å². The van der Waals surface area contributed by atoms with Gasteiger partial charge in [-0.25, -0.2) is 14.4 Å². The number of Topliss-reactive ketones (excluding diaryl/α,β-unsaturated/α-hetero) is 1. The molecule has 21 heteroatoms. The number of fused-ring (bicyclic) bond motifs is 5. The van der Waals surface area contributed by atoms with E-state index in [1.54, 1.807) is 75.4 Å². The maximum atomic E-state index is 15.8. The highest BCUT2D eigenvalue weighted by Gasteiger charge is 2.78. The second-order valence-electron chi connectivity index (χ2n) is 21.5. The van der Waals surface area contributed by atoms with Gasteiger partial charge in [-0.2, -0.15) is 0 Å². The van der Waals surface area contributed by atoms with Gasteiger partial charge in [-0.15, -0.1) is 0 Å². The molecule has 7 rings (SSSR count). The molecule has 1 aliphatic heterocycles. The van der Waals surface area contributed by atoms with Crippen LogP contribution in [0.1, 0.15) is 107 Å². The lowest BCUT2D eigenvalue weighted by atomic mass is 9.44. The summed E-state index contributed by atoms with van der Waals surface area (Å²) in [5.41, 5.74) is -8.84. The number of ketones is 1. The maximum absolute atomic E-state index is 15.8. The fourth-order valence-corrected chi connectivity index (χ4v) is 11.2. The van der Waals surface area contributed by atoms with Crippen LogP contribution in [-0.4, -0.2) is 137 Å². The van der Waals surface area contributed by atoms with Crippen LogP contribution >= 0.6 is 0 Å². The van der Waals surface area contributed by atoms with Gasteiger partial charge in [-0.1, -0.05) is 80.6 Å². The predicted octanol–water partition coefficient (Wildman–Crippen LogP) is 3.93. The summed E-state index contributed by atoms with van der Waals surface area (Å²) >= 11 is 0. The second kappa shape index (κ2) is 22.2. The minimum absolute atomic E-state index is 0.0106. The van der Waals surface area contributed by atoms with Gasteiger partial charge in [0.2, 0.25) is 12.0 Å². The van der Waals surface area contributed by atoms with Crippen molar-refractivity contribution in [3.63, 3.8) is 0 Å². The van der Waals surface area contributed by atoms with Gasteiger partial charge in [-0.3, -0.25) is 28.8 Å². The van der Waals surface area contributed by atoms with Crippen molar-refractivity contribution in [3.8, 4) is 0 Å². The first-order valence-corrected chi connectivity index (χ1v) is 25.1. The molecule has 0 unspecified atom stereocenters. The molecule has 5 N–H and O–H groups in total. The number of alkyl carbamates (subject to hydrolysis) is 1. The normalized spacial score (nSPS) is 27.9. The van der Waals surface area contributed by atoms with Crippen LogP contribution in [0.15, 0.2) is 102 Å². The van der Waals surface area contributed by atoms with E-state index in [-0.39, 0.29) is 40.9 Å². The molecule has 2 saturated carbocycles. The van der Waals surface area contributed by atoms with E-state index in [4.69, 9.17) is 33.2 Å². The maximum Gasteiger partial charge on any atom is 0.408 e. The molecule has 77 heavy (non-hydrogen) atoms. The van der Waals surface area contributed by atoms with Gasteiger partial charge >= 0.3 is 35.9 Å². The second-order valence-corrected chi connectivity index (χ2v) is 21.5. The Labute approximate surface area is 444 Å². The molecule has 11 atom stereocenters. The number of hydrogen-bond donors (Lipinski definition) is 5. The number of amides is 3. The summed E-state index contributed by atoms with van der Waals surface area (Å²) < 4.78 is 41.8. The summed E-state index contributed by atoms with van der Waals surface area (Å²) in [5, 5.41) is 33.5. The van der Waals surface area contributed by atoms with Gasteiger partial charge in [0.1, 0.15) is 48.6 Å². The van der Waals surface area contributed by atoms with Crippen molar-refractivity contribution in [1.29, 1.82) is 0 Å². The Morgan fingerprint density at radius 3 is 1.95 bits per heavy atom. The number of aliphatic hydroxyl groups excluding tert-OH is 1. The lowest BCUT2D eigenvalue weighted by Gasteiger charge is -2.67. The van der Waals surface area contributed by atoms with Gasteiger partial charge in [-0.05, 0) is 75.6 Å². The van der Waals surface area contributed by atoms with Crippen molar-refractivity contribution in [2.75, 3.05) is 19.7 Å². The molecule has 412 valence electrons. The molecule has 0 radical (unpaired) electrons. The fraction of sp³-hybridized carbons (Fsp3) is 0.482. The number of carbonyl (C=O) groups is 9. The lowest BCUT2D eigenvalue weighted by molar-refractivity contribution is -0.346. The molecule has 3 amide bonds. The van der Waals surface area contributed by atoms with Crippen LogP contribution in [0.4, 0.5) is 4.79 Å². The molecule has 3 fully saturated rings. The number of rotatable bonds is 15. The van der Waals surface area contributed by atoms with Crippen molar-refractivity contribution in [1.82, 2.24) is 16.0 Å². The third-order valence-corrected chi connectivity index (χ3v) is 14.9. The van der Waals surface area contributed by atoms with Crippen molar-refractivity contribution in [3.05, 3.63) is 119 Å². The zero-order valence-corrected chi connectivity index (χ0v) is 44.2. The van der Waals surface area contributed by atoms with Crippen LogP contribution in [0.2, 0.25) is 0 Å². The van der Waals surface area contributed by atoms with E-state index in [1.807, 2.05) is 0 Å². The first kappa shape index (κ1) is 57.2. The molecule has 0 spiro atoms. The third kappa shape index (κ3) is 11.5. The molecule has 3 aromatic rings. The standard InChI is InChI=1S/C56H65N3O18/c1-30-36(73-50(68)44(74-40(64)28-57-39(63)27-58-51(69)77-52(4,5)6)42(33-19-13-10-14-20-33)59-48(66)34-21-15-11-16-22-34)26-56(70)47(75-49(67)35-23-17-12-18-24-35)45-54(9,37(62)25-38-55(45,29-71-38)76-32(3)61)46(65)43(72-31(2)60)41(30)53(56,7)8/h10-24,36-38,42-45,47,62,70H,25-29H2,1-9H3,(H,57,63)(H,58,69)(H,59,66)/t36-,37-,38+,42-,43+,44+,45-,47-,54+,55-,56+/m0/s1. The predicted molar refractivity (Wildman–Crippen MR) is 269 cm³/mol. The van der Waals surface area contributed by atoms with E-state index >= 15 is 9.59 Å². The molecular weight excluding hydrogens is 1000 g/mol. The van der Waals surface area contributed by atoms with Crippen LogP contribution in [0, 0.1) is 16.7 Å². The summed E-state index contributed by atoms with van der Waals surface area (Å²) in [6, 6.07) is 22.0. The quantitative estimate of drug-likeness (QED) is 0.0818. The number of benzene rings is 3. The summed E-state index contributed by atoms with van der Waals surface area (Å²) in [6.45, 7) is 11.0. The molecular formula is C56H65N3O18. The largest absolute Gasteiger partial charge is 0.455 e. The highest BCUT2D eigenvalue weighted by molar-refractivity contribution is 5.97. The zero-order valence-electron chi connectivity index (χ0n) is 44.2. The Bertz CT molecular complexity index is 2820. The first-order chi connectivity index (χ1) is 36.1. The molecule has 21 nitrogen and oxygen atoms in total. The van der Waals surface area contributed by atoms with Gasteiger partial charge in [0, 0.05) is 37.7 Å². The number of nitrogens with one attached hydrogen (secondary N) is 3. The molecule has 0 aromatic heterocycles. The third-order valence-electron chi connectivity index (χ3n) is 14.9. The van der Waals surface area contributed by atoms with Crippen molar-refractivity contribution in [2.45, 2.75) is 135 Å². The molecule has 4 aliphatic rings. The van der Waals surface area contributed by atoms with Crippen LogP contribution in [-0.2, 0) is 61.9 Å². The van der Waals surface area contributed by atoms with Gasteiger partial charge in [0.25, 0.3) is 5.91 Å². The highest BCUT2D eigenvalue weighted by atomic mass is 16.6. The molecule has 1 heterocycles. The van der Waals surface area contributed by atoms with Crippen LogP contribution in [0.3, 0.4) is 0 Å². The molecule has 3 aliphatic carbocycles. The van der Waals surface area contributed by atoms with Crippen molar-refractivity contribution < 1.29 is 86.5 Å². The Morgan fingerprint density at radius 1 is 0.792 bits per heavy atom. The minimum Gasteiger partial charge on any atom is -0.455 e. The number of hydrogen-bond acceptors (Lipinski definition) is 18. The molecule has 3 aromatic carbocycles. The smallest absolute Gasteiger partial charge is 0.408 e. The number of aliphatic hydroxyl groups is 2.